The van der Waals surface area contributed by atoms with E-state index < -0.39 is 12.0 Å². The highest BCUT2D eigenvalue weighted by molar-refractivity contribution is 5.85. The number of nitrogens with two attached hydrogens (primary N) is 1. The number of benzene rings is 1. The van der Waals surface area contributed by atoms with Gasteiger partial charge in [-0.05, 0) is 19.1 Å². The maximum Gasteiger partial charge on any atom is 0.328 e. The van der Waals surface area contributed by atoms with Crippen molar-refractivity contribution in [3.8, 4) is 5.75 Å². The van der Waals surface area contributed by atoms with E-state index in [4.69, 9.17) is 10.5 Å². The van der Waals surface area contributed by atoms with Crippen molar-refractivity contribution < 1.29 is 9.53 Å². The Morgan fingerprint density at radius 1 is 1.38 bits per heavy atom. The maximum atomic E-state index is 11.0. The Balaban J connectivity index is 0.00000144. The molecule has 2 N–H and O–H groups in total. The molecule has 0 aliphatic rings. The Morgan fingerprint density at radius 2 is 1.92 bits per heavy atom. The Bertz CT molecular complexity index is 262. The van der Waals surface area contributed by atoms with Crippen LogP contribution in [0, 0.1) is 0 Å². The molecular formula is C9H12ClNO2. The van der Waals surface area contributed by atoms with E-state index >= 15 is 0 Å². The average molecular weight is 202 g/mol. The lowest BCUT2D eigenvalue weighted by Gasteiger charge is -2.05. The molecule has 1 aromatic rings. The molecule has 4 heteroatoms. The molecule has 0 aliphatic heterocycles. The fourth-order valence-electron chi connectivity index (χ4n) is 0.698. The first-order valence-electron chi connectivity index (χ1n) is 3.72. The second kappa shape index (κ2) is 5.56. The lowest BCUT2D eigenvalue weighted by molar-refractivity contribution is -0.135. The van der Waals surface area contributed by atoms with Crippen LogP contribution >= 0.6 is 12.4 Å². The molecular weight excluding hydrogens is 190 g/mol. The first-order valence-corrected chi connectivity index (χ1v) is 3.72. The first kappa shape index (κ1) is 11.9. The normalized spacial score (nSPS) is 11.2. The van der Waals surface area contributed by atoms with Gasteiger partial charge < -0.3 is 10.5 Å². The summed E-state index contributed by atoms with van der Waals surface area (Å²) in [6.45, 7) is 1.59. The third-order valence-electron chi connectivity index (χ3n) is 1.33. The summed E-state index contributed by atoms with van der Waals surface area (Å²) in [5.41, 5.74) is 5.31. The zero-order valence-corrected chi connectivity index (χ0v) is 8.08. The van der Waals surface area contributed by atoms with Gasteiger partial charge in [-0.2, -0.15) is 0 Å². The molecule has 0 radical (unpaired) electrons. The van der Waals surface area contributed by atoms with Gasteiger partial charge in [0.05, 0.1) is 0 Å². The fraction of sp³-hybridized carbons (Fsp3) is 0.222. The Kier molecular flexibility index (Phi) is 5.11. The summed E-state index contributed by atoms with van der Waals surface area (Å²) in [6.07, 6.45) is 0. The third kappa shape index (κ3) is 3.92. The summed E-state index contributed by atoms with van der Waals surface area (Å²) >= 11 is 0. The summed E-state index contributed by atoms with van der Waals surface area (Å²) in [5, 5.41) is 0. The van der Waals surface area contributed by atoms with Crippen molar-refractivity contribution in [2.24, 2.45) is 5.73 Å². The summed E-state index contributed by atoms with van der Waals surface area (Å²) < 4.78 is 4.91. The number of hydrogen-bond donors (Lipinski definition) is 1. The smallest absolute Gasteiger partial charge is 0.328 e. The predicted molar refractivity (Wildman–Crippen MR) is 53.0 cm³/mol. The summed E-state index contributed by atoms with van der Waals surface area (Å²) in [5.74, 6) is 0.112. The van der Waals surface area contributed by atoms with Crippen LogP contribution in [-0.4, -0.2) is 12.0 Å². The minimum absolute atomic E-state index is 0. The minimum atomic E-state index is -0.579. The van der Waals surface area contributed by atoms with Crippen molar-refractivity contribution >= 4 is 18.4 Å². The van der Waals surface area contributed by atoms with Crippen LogP contribution in [-0.2, 0) is 4.79 Å². The second-order valence-corrected chi connectivity index (χ2v) is 2.52. The summed E-state index contributed by atoms with van der Waals surface area (Å²) in [7, 11) is 0. The molecule has 0 saturated heterocycles. The van der Waals surface area contributed by atoms with Crippen molar-refractivity contribution in [3.05, 3.63) is 30.3 Å². The molecule has 13 heavy (non-hydrogen) atoms. The van der Waals surface area contributed by atoms with Crippen LogP contribution in [0.2, 0.25) is 0 Å². The average Bonchev–Trinajstić information content (AvgIpc) is 2.06. The van der Waals surface area contributed by atoms with Gasteiger partial charge in [0.1, 0.15) is 11.8 Å². The molecule has 0 aliphatic carbocycles. The van der Waals surface area contributed by atoms with E-state index in [1.807, 2.05) is 6.07 Å². The van der Waals surface area contributed by atoms with E-state index in [1.165, 1.54) is 0 Å². The maximum absolute atomic E-state index is 11.0. The van der Waals surface area contributed by atoms with Crippen LogP contribution in [0.15, 0.2) is 30.3 Å². The summed E-state index contributed by atoms with van der Waals surface area (Å²) in [4.78, 5) is 11.0. The third-order valence-corrected chi connectivity index (χ3v) is 1.33. The van der Waals surface area contributed by atoms with Crippen LogP contribution in [0.4, 0.5) is 0 Å². The van der Waals surface area contributed by atoms with Gasteiger partial charge in [-0.1, -0.05) is 18.2 Å². The molecule has 0 bridgehead atoms. The van der Waals surface area contributed by atoms with Gasteiger partial charge in [0.25, 0.3) is 0 Å². The number of carbonyl (C=O) groups is 1. The highest BCUT2D eigenvalue weighted by Crippen LogP contribution is 2.08. The molecule has 0 spiro atoms. The van der Waals surface area contributed by atoms with Gasteiger partial charge in [0.2, 0.25) is 0 Å². The molecule has 3 nitrogen and oxygen atoms in total. The molecule has 0 amide bonds. The molecule has 0 unspecified atom stereocenters. The van der Waals surface area contributed by atoms with Gasteiger partial charge in [-0.25, -0.2) is 4.79 Å². The molecule has 72 valence electrons. The molecule has 0 saturated carbocycles. The number of halogens is 1. The SMILES string of the molecule is C[C@H](N)C(=O)Oc1ccccc1.Cl. The van der Waals surface area contributed by atoms with Crippen molar-refractivity contribution in [1.82, 2.24) is 0 Å². The van der Waals surface area contributed by atoms with Crippen molar-refractivity contribution in [3.63, 3.8) is 0 Å². The Morgan fingerprint density at radius 3 is 2.38 bits per heavy atom. The number of para-hydroxylation sites is 1. The van der Waals surface area contributed by atoms with Gasteiger partial charge in [-0.15, -0.1) is 12.4 Å². The van der Waals surface area contributed by atoms with Crippen LogP contribution in [0.1, 0.15) is 6.92 Å². The number of rotatable bonds is 2. The lowest BCUT2D eigenvalue weighted by Crippen LogP contribution is -2.30. The Hall–Kier alpha value is -1.06. The number of hydrogen-bond acceptors (Lipinski definition) is 3. The van der Waals surface area contributed by atoms with Crippen LogP contribution in [0.25, 0.3) is 0 Å². The molecule has 1 rings (SSSR count). The number of esters is 1. The van der Waals surface area contributed by atoms with E-state index in [-0.39, 0.29) is 12.4 Å². The first-order chi connectivity index (χ1) is 5.70. The predicted octanol–water partition coefficient (Wildman–Crippen LogP) is 1.36. The topological polar surface area (TPSA) is 52.3 Å². The molecule has 1 aromatic carbocycles. The van der Waals surface area contributed by atoms with Crippen LogP contribution in [0.5, 0.6) is 5.75 Å². The van der Waals surface area contributed by atoms with Crippen molar-refractivity contribution in [2.75, 3.05) is 0 Å². The van der Waals surface area contributed by atoms with Gasteiger partial charge >= 0.3 is 5.97 Å². The Labute approximate surface area is 83.3 Å². The fourth-order valence-corrected chi connectivity index (χ4v) is 0.698. The lowest BCUT2D eigenvalue weighted by atomic mass is 10.3. The monoisotopic (exact) mass is 201 g/mol. The van der Waals surface area contributed by atoms with Gasteiger partial charge in [0, 0.05) is 0 Å². The zero-order valence-electron chi connectivity index (χ0n) is 7.27. The number of ether oxygens (including phenoxy) is 1. The highest BCUT2D eigenvalue weighted by atomic mass is 35.5. The largest absolute Gasteiger partial charge is 0.425 e. The van der Waals surface area contributed by atoms with Crippen LogP contribution in [0.3, 0.4) is 0 Å². The molecule has 0 fully saturated rings. The number of carbonyl (C=O) groups excluding carboxylic acids is 1. The standard InChI is InChI=1S/C9H11NO2.ClH/c1-7(10)9(11)12-8-5-3-2-4-6-8;/h2-7H,10H2,1H3;1H/t7-;/m0./s1. The molecule has 0 aromatic heterocycles. The van der Waals surface area contributed by atoms with E-state index in [0.29, 0.717) is 5.75 Å². The minimum Gasteiger partial charge on any atom is -0.425 e. The van der Waals surface area contributed by atoms with E-state index in [0.717, 1.165) is 0 Å². The zero-order chi connectivity index (χ0) is 8.97. The molecule has 1 atom stereocenters. The summed E-state index contributed by atoms with van der Waals surface area (Å²) in [6, 6.07) is 8.28. The van der Waals surface area contributed by atoms with E-state index in [1.54, 1.807) is 31.2 Å². The van der Waals surface area contributed by atoms with Crippen LogP contribution < -0.4 is 10.5 Å². The van der Waals surface area contributed by atoms with Crippen molar-refractivity contribution in [2.45, 2.75) is 13.0 Å². The van der Waals surface area contributed by atoms with E-state index in [2.05, 4.69) is 0 Å². The van der Waals surface area contributed by atoms with Gasteiger partial charge in [-0.3, -0.25) is 0 Å². The molecule has 0 heterocycles. The quantitative estimate of drug-likeness (QED) is 0.581. The van der Waals surface area contributed by atoms with E-state index in [9.17, 15) is 4.79 Å². The van der Waals surface area contributed by atoms with Gasteiger partial charge in [0.15, 0.2) is 0 Å². The highest BCUT2D eigenvalue weighted by Gasteiger charge is 2.08. The second-order valence-electron chi connectivity index (χ2n) is 2.52. The van der Waals surface area contributed by atoms with Crippen molar-refractivity contribution in [1.29, 1.82) is 0 Å².